The summed E-state index contributed by atoms with van der Waals surface area (Å²) in [6.45, 7) is 2.08. The molecule has 26 heavy (non-hydrogen) atoms. The summed E-state index contributed by atoms with van der Waals surface area (Å²) in [7, 11) is 1.73. The number of aromatic nitrogens is 3. The van der Waals surface area contributed by atoms with Gasteiger partial charge in [-0.1, -0.05) is 12.1 Å². The number of carbonyl (C=O) groups is 1. The highest BCUT2D eigenvalue weighted by Crippen LogP contribution is 2.18. The van der Waals surface area contributed by atoms with Crippen molar-refractivity contribution in [1.29, 1.82) is 0 Å². The van der Waals surface area contributed by atoms with E-state index in [1.807, 2.05) is 6.92 Å². The van der Waals surface area contributed by atoms with Crippen molar-refractivity contribution in [2.45, 2.75) is 19.9 Å². The van der Waals surface area contributed by atoms with Crippen LogP contribution in [-0.4, -0.2) is 20.5 Å². The van der Waals surface area contributed by atoms with Crippen LogP contribution in [0.1, 0.15) is 27.3 Å². The average molecular weight is 353 g/mol. The number of nitrogens with two attached hydrogens (primary N) is 1. The number of nitrogens with one attached hydrogen (secondary N) is 1. The molecule has 3 rings (SSSR count). The zero-order valence-corrected chi connectivity index (χ0v) is 14.7. The third kappa shape index (κ3) is 3.88. The minimum absolute atomic E-state index is 0.0601. The van der Waals surface area contributed by atoms with Crippen LogP contribution in [0.2, 0.25) is 0 Å². The number of anilines is 2. The second kappa shape index (κ2) is 7.35. The number of nitrogens with zero attached hydrogens (tertiary/aromatic N) is 3. The third-order valence-corrected chi connectivity index (χ3v) is 4.07. The first-order valence-electron chi connectivity index (χ1n) is 8.19. The number of halogens is 1. The molecule has 0 fully saturated rings. The number of hydrogen-bond acceptors (Lipinski definition) is 5. The molecule has 0 amide bonds. The van der Waals surface area contributed by atoms with E-state index < -0.39 is 0 Å². The lowest BCUT2D eigenvalue weighted by molar-refractivity contribution is 0.0984. The SMILES string of the molecule is Cc1cc(C(=O)Cc2ccc(F)c(CNc3cccnc3N)c2)n(C)n1. The van der Waals surface area contributed by atoms with Gasteiger partial charge in [-0.3, -0.25) is 9.48 Å². The van der Waals surface area contributed by atoms with Crippen LogP contribution < -0.4 is 11.1 Å². The Morgan fingerprint density at radius 1 is 1.31 bits per heavy atom. The Labute approximate surface area is 150 Å². The molecule has 2 heterocycles. The van der Waals surface area contributed by atoms with Gasteiger partial charge in [-0.15, -0.1) is 0 Å². The normalized spacial score (nSPS) is 10.7. The van der Waals surface area contributed by atoms with Crippen LogP contribution >= 0.6 is 0 Å². The molecule has 0 aliphatic carbocycles. The molecule has 2 aromatic heterocycles. The number of pyridine rings is 1. The van der Waals surface area contributed by atoms with Crippen LogP contribution in [0.4, 0.5) is 15.9 Å². The highest BCUT2D eigenvalue weighted by atomic mass is 19.1. The second-order valence-electron chi connectivity index (χ2n) is 6.11. The van der Waals surface area contributed by atoms with E-state index in [2.05, 4.69) is 15.4 Å². The molecule has 0 spiro atoms. The van der Waals surface area contributed by atoms with Crippen molar-refractivity contribution in [3.8, 4) is 0 Å². The van der Waals surface area contributed by atoms with Crippen molar-refractivity contribution >= 4 is 17.3 Å². The van der Waals surface area contributed by atoms with Gasteiger partial charge in [0.25, 0.3) is 0 Å². The van der Waals surface area contributed by atoms with Gasteiger partial charge in [-0.2, -0.15) is 5.10 Å². The molecule has 134 valence electrons. The van der Waals surface area contributed by atoms with Gasteiger partial charge in [0.15, 0.2) is 5.78 Å². The zero-order valence-electron chi connectivity index (χ0n) is 14.7. The van der Waals surface area contributed by atoms with E-state index in [1.165, 1.54) is 6.07 Å². The van der Waals surface area contributed by atoms with Crippen LogP contribution in [0.25, 0.3) is 0 Å². The molecule has 7 heteroatoms. The number of rotatable bonds is 6. The monoisotopic (exact) mass is 353 g/mol. The van der Waals surface area contributed by atoms with E-state index in [0.717, 1.165) is 11.3 Å². The summed E-state index contributed by atoms with van der Waals surface area (Å²) >= 11 is 0. The predicted octanol–water partition coefficient (Wildman–Crippen LogP) is 2.88. The molecular weight excluding hydrogens is 333 g/mol. The lowest BCUT2D eigenvalue weighted by Gasteiger charge is -2.10. The first-order valence-corrected chi connectivity index (χ1v) is 8.19. The van der Waals surface area contributed by atoms with Crippen molar-refractivity contribution in [2.24, 2.45) is 7.05 Å². The molecule has 6 nitrogen and oxygen atoms in total. The van der Waals surface area contributed by atoms with Gasteiger partial charge in [0.05, 0.1) is 11.4 Å². The summed E-state index contributed by atoms with van der Waals surface area (Å²) in [5.41, 5.74) is 8.94. The van der Waals surface area contributed by atoms with E-state index in [0.29, 0.717) is 22.8 Å². The number of nitrogen functional groups attached to an aromatic ring is 1. The van der Waals surface area contributed by atoms with Gasteiger partial charge in [-0.05, 0) is 36.8 Å². The number of benzene rings is 1. The van der Waals surface area contributed by atoms with Crippen molar-refractivity contribution in [2.75, 3.05) is 11.1 Å². The van der Waals surface area contributed by atoms with Gasteiger partial charge in [-0.25, -0.2) is 9.37 Å². The van der Waals surface area contributed by atoms with Crippen molar-refractivity contribution in [3.63, 3.8) is 0 Å². The highest BCUT2D eigenvalue weighted by Gasteiger charge is 2.14. The van der Waals surface area contributed by atoms with E-state index >= 15 is 0 Å². The van der Waals surface area contributed by atoms with Crippen LogP contribution in [0.3, 0.4) is 0 Å². The van der Waals surface area contributed by atoms with E-state index in [9.17, 15) is 9.18 Å². The lowest BCUT2D eigenvalue weighted by atomic mass is 10.0. The molecule has 0 radical (unpaired) electrons. The molecule has 0 saturated carbocycles. The molecule has 3 aromatic rings. The molecule has 0 aliphatic rings. The fourth-order valence-corrected chi connectivity index (χ4v) is 2.78. The summed E-state index contributed by atoms with van der Waals surface area (Å²) in [6, 6.07) is 9.97. The molecule has 3 N–H and O–H groups in total. The first-order chi connectivity index (χ1) is 12.4. The van der Waals surface area contributed by atoms with E-state index in [4.69, 9.17) is 5.73 Å². The third-order valence-electron chi connectivity index (χ3n) is 4.07. The van der Waals surface area contributed by atoms with E-state index in [-0.39, 0.29) is 24.6 Å². The Morgan fingerprint density at radius 2 is 2.12 bits per heavy atom. The minimum Gasteiger partial charge on any atom is -0.382 e. The molecule has 0 aliphatic heterocycles. The molecule has 1 aromatic carbocycles. The van der Waals surface area contributed by atoms with Crippen LogP contribution in [-0.2, 0) is 20.0 Å². The first kappa shape index (κ1) is 17.6. The number of carbonyl (C=O) groups excluding carboxylic acids is 1. The van der Waals surface area contributed by atoms with Gasteiger partial charge < -0.3 is 11.1 Å². The standard InChI is InChI=1S/C19H20FN5O/c1-12-8-17(25(2)24-12)18(26)10-13-5-6-15(20)14(9-13)11-23-16-4-3-7-22-19(16)21/h3-9,23H,10-11H2,1-2H3,(H2,21,22). The summed E-state index contributed by atoms with van der Waals surface area (Å²) in [5, 5.41) is 7.25. The Balaban J connectivity index is 1.74. The number of aryl methyl sites for hydroxylation is 2. The molecule has 0 atom stereocenters. The van der Waals surface area contributed by atoms with Crippen LogP contribution in [0, 0.1) is 12.7 Å². The Morgan fingerprint density at radius 3 is 2.81 bits per heavy atom. The predicted molar refractivity (Wildman–Crippen MR) is 98.4 cm³/mol. The van der Waals surface area contributed by atoms with Crippen LogP contribution in [0.5, 0.6) is 0 Å². The maximum absolute atomic E-state index is 14.1. The Kier molecular flexibility index (Phi) is 4.97. The molecule has 0 unspecified atom stereocenters. The average Bonchev–Trinajstić information content (AvgIpc) is 2.95. The van der Waals surface area contributed by atoms with Gasteiger partial charge in [0.2, 0.25) is 0 Å². The lowest BCUT2D eigenvalue weighted by Crippen LogP contribution is -2.10. The Hall–Kier alpha value is -3.22. The van der Waals surface area contributed by atoms with E-state index in [1.54, 1.807) is 48.3 Å². The van der Waals surface area contributed by atoms with Gasteiger partial charge >= 0.3 is 0 Å². The topological polar surface area (TPSA) is 85.8 Å². The Bertz CT molecular complexity index is 951. The number of Topliss-reactive ketones (excluding diaryl/α,β-unsaturated/α-hetero) is 1. The number of ketones is 1. The highest BCUT2D eigenvalue weighted by molar-refractivity contribution is 5.96. The van der Waals surface area contributed by atoms with Crippen molar-refractivity contribution in [1.82, 2.24) is 14.8 Å². The van der Waals surface area contributed by atoms with Crippen molar-refractivity contribution in [3.05, 3.63) is 70.9 Å². The summed E-state index contributed by atoms with van der Waals surface area (Å²) in [5.74, 6) is -0.0477. The second-order valence-corrected chi connectivity index (χ2v) is 6.11. The maximum atomic E-state index is 14.1. The minimum atomic E-state index is -0.340. The molecule has 0 bridgehead atoms. The van der Waals surface area contributed by atoms with Crippen molar-refractivity contribution < 1.29 is 9.18 Å². The maximum Gasteiger partial charge on any atom is 0.185 e. The van der Waals surface area contributed by atoms with Gasteiger partial charge in [0.1, 0.15) is 17.3 Å². The van der Waals surface area contributed by atoms with Crippen LogP contribution in [0.15, 0.2) is 42.6 Å². The fourth-order valence-electron chi connectivity index (χ4n) is 2.78. The molecular formula is C19H20FN5O. The summed E-state index contributed by atoms with van der Waals surface area (Å²) in [6.07, 6.45) is 1.77. The quantitative estimate of drug-likeness (QED) is 0.666. The fraction of sp³-hybridized carbons (Fsp3) is 0.211. The summed E-state index contributed by atoms with van der Waals surface area (Å²) in [4.78, 5) is 16.5. The number of hydrogen-bond donors (Lipinski definition) is 2. The largest absolute Gasteiger partial charge is 0.382 e. The molecule has 0 saturated heterocycles. The smallest absolute Gasteiger partial charge is 0.185 e. The van der Waals surface area contributed by atoms with Gasteiger partial charge in [0, 0.05) is 31.8 Å². The zero-order chi connectivity index (χ0) is 18.7. The summed E-state index contributed by atoms with van der Waals surface area (Å²) < 4.78 is 15.7.